The van der Waals surface area contributed by atoms with E-state index >= 15 is 0 Å². The lowest BCUT2D eigenvalue weighted by molar-refractivity contribution is -0.122. The summed E-state index contributed by atoms with van der Waals surface area (Å²) in [5.74, 6) is -1.26. The SMILES string of the molecule is CCC(C)OCC(=O)Nc1cccc(-n2ncc(C(=O)O)c2C)c1. The normalized spacial score (nSPS) is 12.0. The van der Waals surface area contributed by atoms with Crippen LogP contribution in [-0.4, -0.2) is 39.5 Å². The minimum atomic E-state index is -1.02. The summed E-state index contributed by atoms with van der Waals surface area (Å²) >= 11 is 0. The second kappa shape index (κ2) is 7.74. The molecule has 0 aliphatic rings. The molecule has 128 valence electrons. The van der Waals surface area contributed by atoms with Crippen LogP contribution in [-0.2, 0) is 9.53 Å². The molecule has 1 amide bonds. The summed E-state index contributed by atoms with van der Waals surface area (Å²) in [6.45, 7) is 5.57. The number of carbonyl (C=O) groups is 2. The molecule has 7 heteroatoms. The van der Waals surface area contributed by atoms with E-state index in [0.29, 0.717) is 17.1 Å². The van der Waals surface area contributed by atoms with Crippen molar-refractivity contribution in [3.05, 3.63) is 41.7 Å². The van der Waals surface area contributed by atoms with Crippen LogP contribution in [0.1, 0.15) is 36.3 Å². The minimum absolute atomic E-state index is 0.0107. The van der Waals surface area contributed by atoms with Gasteiger partial charge < -0.3 is 15.2 Å². The number of carbonyl (C=O) groups excluding carboxylic acids is 1. The third-order valence-corrected chi connectivity index (χ3v) is 3.69. The maximum atomic E-state index is 11.9. The molecule has 24 heavy (non-hydrogen) atoms. The molecule has 7 nitrogen and oxygen atoms in total. The summed E-state index contributed by atoms with van der Waals surface area (Å²) in [5.41, 5.74) is 1.93. The molecule has 1 heterocycles. The molecule has 1 aromatic heterocycles. The zero-order valence-electron chi connectivity index (χ0n) is 13.9. The molecule has 1 atom stereocenters. The number of benzene rings is 1. The van der Waals surface area contributed by atoms with Crippen LogP contribution >= 0.6 is 0 Å². The number of hydrogen-bond donors (Lipinski definition) is 2. The zero-order valence-corrected chi connectivity index (χ0v) is 13.9. The Morgan fingerprint density at radius 1 is 1.42 bits per heavy atom. The van der Waals surface area contributed by atoms with Crippen LogP contribution in [0, 0.1) is 6.92 Å². The fourth-order valence-corrected chi connectivity index (χ4v) is 2.13. The highest BCUT2D eigenvalue weighted by Gasteiger charge is 2.14. The van der Waals surface area contributed by atoms with Gasteiger partial charge in [0.05, 0.1) is 23.7 Å². The maximum absolute atomic E-state index is 11.9. The number of amides is 1. The molecule has 0 fully saturated rings. The molecular formula is C17H21N3O4. The van der Waals surface area contributed by atoms with Gasteiger partial charge in [0.25, 0.3) is 0 Å². The molecule has 0 bridgehead atoms. The average Bonchev–Trinajstić information content (AvgIpc) is 2.94. The number of nitrogens with one attached hydrogen (secondary N) is 1. The molecule has 0 aliphatic heterocycles. The van der Waals surface area contributed by atoms with Crippen LogP contribution in [0.3, 0.4) is 0 Å². The van der Waals surface area contributed by atoms with Crippen LogP contribution in [0.25, 0.3) is 5.69 Å². The van der Waals surface area contributed by atoms with Gasteiger partial charge in [-0.25, -0.2) is 9.48 Å². The number of aromatic nitrogens is 2. The molecule has 2 N–H and O–H groups in total. The molecule has 0 saturated carbocycles. The summed E-state index contributed by atoms with van der Waals surface area (Å²) in [7, 11) is 0. The van der Waals surface area contributed by atoms with E-state index in [0.717, 1.165) is 6.42 Å². The fourth-order valence-electron chi connectivity index (χ4n) is 2.13. The van der Waals surface area contributed by atoms with Gasteiger partial charge in [0, 0.05) is 5.69 Å². The van der Waals surface area contributed by atoms with Crippen molar-refractivity contribution in [2.24, 2.45) is 0 Å². The third kappa shape index (κ3) is 4.20. The molecule has 2 rings (SSSR count). The van der Waals surface area contributed by atoms with Gasteiger partial charge in [0.15, 0.2) is 0 Å². The Kier molecular flexibility index (Phi) is 5.70. The van der Waals surface area contributed by atoms with E-state index < -0.39 is 5.97 Å². The number of rotatable bonds is 7. The Bertz CT molecular complexity index is 739. The molecule has 2 aromatic rings. The second-order valence-corrected chi connectivity index (χ2v) is 5.49. The molecule has 0 saturated heterocycles. The van der Waals surface area contributed by atoms with Crippen LogP contribution in [0.15, 0.2) is 30.5 Å². The van der Waals surface area contributed by atoms with E-state index in [1.165, 1.54) is 10.9 Å². The van der Waals surface area contributed by atoms with Crippen molar-refractivity contribution in [3.63, 3.8) is 0 Å². The number of nitrogens with zero attached hydrogens (tertiary/aromatic N) is 2. The van der Waals surface area contributed by atoms with Gasteiger partial charge in [0.2, 0.25) is 5.91 Å². The highest BCUT2D eigenvalue weighted by Crippen LogP contribution is 2.18. The molecule has 1 aromatic carbocycles. The first-order valence-corrected chi connectivity index (χ1v) is 7.72. The van der Waals surface area contributed by atoms with Crippen molar-refractivity contribution in [3.8, 4) is 5.69 Å². The van der Waals surface area contributed by atoms with Crippen LogP contribution < -0.4 is 5.32 Å². The minimum Gasteiger partial charge on any atom is -0.478 e. The number of carboxylic acid groups (broad SMARTS) is 1. The van der Waals surface area contributed by atoms with E-state index in [9.17, 15) is 9.59 Å². The third-order valence-electron chi connectivity index (χ3n) is 3.69. The van der Waals surface area contributed by atoms with Crippen molar-refractivity contribution in [2.75, 3.05) is 11.9 Å². The van der Waals surface area contributed by atoms with E-state index in [1.807, 2.05) is 13.8 Å². The fraction of sp³-hybridized carbons (Fsp3) is 0.353. The average molecular weight is 331 g/mol. The summed E-state index contributed by atoms with van der Waals surface area (Å²) in [4.78, 5) is 23.0. The first kappa shape index (κ1) is 17.7. The van der Waals surface area contributed by atoms with E-state index in [2.05, 4.69) is 10.4 Å². The van der Waals surface area contributed by atoms with Crippen LogP contribution in [0.4, 0.5) is 5.69 Å². The predicted octanol–water partition coefficient (Wildman–Crippen LogP) is 2.63. The molecular weight excluding hydrogens is 310 g/mol. The lowest BCUT2D eigenvalue weighted by Crippen LogP contribution is -2.21. The summed E-state index contributed by atoms with van der Waals surface area (Å²) in [5, 5.41) is 16.0. The Balaban J connectivity index is 2.12. The largest absolute Gasteiger partial charge is 0.478 e. The smallest absolute Gasteiger partial charge is 0.339 e. The van der Waals surface area contributed by atoms with Crippen LogP contribution in [0.5, 0.6) is 0 Å². The topological polar surface area (TPSA) is 93.5 Å². The van der Waals surface area contributed by atoms with Gasteiger partial charge in [-0.05, 0) is 38.5 Å². The zero-order chi connectivity index (χ0) is 17.7. The van der Waals surface area contributed by atoms with Crippen molar-refractivity contribution in [1.82, 2.24) is 9.78 Å². The van der Waals surface area contributed by atoms with Gasteiger partial charge in [-0.15, -0.1) is 0 Å². The Hall–Kier alpha value is -2.67. The van der Waals surface area contributed by atoms with Gasteiger partial charge >= 0.3 is 5.97 Å². The number of hydrogen-bond acceptors (Lipinski definition) is 4. The summed E-state index contributed by atoms with van der Waals surface area (Å²) in [6, 6.07) is 7.04. The highest BCUT2D eigenvalue weighted by molar-refractivity contribution is 5.92. The van der Waals surface area contributed by atoms with Gasteiger partial charge in [-0.2, -0.15) is 5.10 Å². The summed E-state index contributed by atoms with van der Waals surface area (Å²) in [6.07, 6.45) is 2.18. The summed E-state index contributed by atoms with van der Waals surface area (Å²) < 4.78 is 6.92. The highest BCUT2D eigenvalue weighted by atomic mass is 16.5. The predicted molar refractivity (Wildman–Crippen MR) is 89.6 cm³/mol. The van der Waals surface area contributed by atoms with Crippen LogP contribution in [0.2, 0.25) is 0 Å². The first-order chi connectivity index (χ1) is 11.4. The number of ether oxygens (including phenoxy) is 1. The maximum Gasteiger partial charge on any atom is 0.339 e. The molecule has 0 spiro atoms. The lowest BCUT2D eigenvalue weighted by Gasteiger charge is -2.11. The Morgan fingerprint density at radius 3 is 2.79 bits per heavy atom. The van der Waals surface area contributed by atoms with Crippen molar-refractivity contribution in [1.29, 1.82) is 0 Å². The first-order valence-electron chi connectivity index (χ1n) is 7.72. The van der Waals surface area contributed by atoms with Gasteiger partial charge in [-0.1, -0.05) is 13.0 Å². The van der Waals surface area contributed by atoms with Crippen molar-refractivity contribution >= 4 is 17.6 Å². The number of carboxylic acids is 1. The quantitative estimate of drug-likeness (QED) is 0.813. The number of anilines is 1. The number of aromatic carboxylic acids is 1. The van der Waals surface area contributed by atoms with E-state index in [-0.39, 0.29) is 24.2 Å². The van der Waals surface area contributed by atoms with E-state index in [4.69, 9.17) is 9.84 Å². The standard InChI is InChI=1S/C17H21N3O4/c1-4-11(2)24-10-16(21)19-13-6-5-7-14(8-13)20-12(3)15(9-18-20)17(22)23/h5-9,11H,4,10H2,1-3H3,(H,19,21)(H,22,23). The van der Waals surface area contributed by atoms with Crippen molar-refractivity contribution in [2.45, 2.75) is 33.3 Å². The monoisotopic (exact) mass is 331 g/mol. The molecule has 0 aliphatic carbocycles. The molecule has 1 unspecified atom stereocenters. The van der Waals surface area contributed by atoms with E-state index in [1.54, 1.807) is 31.2 Å². The molecule has 0 radical (unpaired) electrons. The van der Waals surface area contributed by atoms with Crippen molar-refractivity contribution < 1.29 is 19.4 Å². The van der Waals surface area contributed by atoms with Gasteiger partial charge in [-0.3, -0.25) is 4.79 Å². The van der Waals surface area contributed by atoms with Gasteiger partial charge in [0.1, 0.15) is 12.2 Å². The Morgan fingerprint density at radius 2 is 2.17 bits per heavy atom. The second-order valence-electron chi connectivity index (χ2n) is 5.49. The Labute approximate surface area is 140 Å². The lowest BCUT2D eigenvalue weighted by atomic mass is 10.2.